The molecule has 3 aliphatic rings. The maximum atomic E-state index is 10.4. The number of nitrogens with zero attached hydrogens (tertiary/aromatic N) is 1. The summed E-state index contributed by atoms with van der Waals surface area (Å²) in [5.74, 6) is 0.378. The largest absolute Gasteiger partial charge is 0.391 e. The molecule has 3 atom stereocenters. The lowest BCUT2D eigenvalue weighted by Gasteiger charge is -2.50. The zero-order chi connectivity index (χ0) is 11.8. The molecule has 4 rings (SSSR count). The Bertz CT molecular complexity index is 371. The van der Waals surface area contributed by atoms with Crippen LogP contribution in [0.1, 0.15) is 24.5 Å². The molecule has 92 valence electrons. The third kappa shape index (κ3) is 1.88. The Morgan fingerprint density at radius 1 is 1.12 bits per heavy atom. The predicted molar refractivity (Wildman–Crippen MR) is 65.5 cm³/mol. The molecule has 1 aromatic rings. The lowest BCUT2D eigenvalue weighted by Crippen LogP contribution is -2.59. The molecule has 0 unspecified atom stereocenters. The topological polar surface area (TPSA) is 43.7 Å². The van der Waals surface area contributed by atoms with Gasteiger partial charge in [0.15, 0.2) is 0 Å². The van der Waals surface area contributed by atoms with Crippen molar-refractivity contribution in [1.82, 2.24) is 4.90 Å². The summed E-state index contributed by atoms with van der Waals surface area (Å²) in [6.45, 7) is 2.02. The molecule has 0 aromatic heterocycles. The molecule has 1 aromatic carbocycles. The Morgan fingerprint density at radius 3 is 2.35 bits per heavy atom. The van der Waals surface area contributed by atoms with Gasteiger partial charge in [-0.15, -0.1) is 0 Å². The van der Waals surface area contributed by atoms with Crippen molar-refractivity contribution in [2.45, 2.75) is 31.1 Å². The molecule has 0 aliphatic carbocycles. The van der Waals surface area contributed by atoms with E-state index in [-0.39, 0.29) is 12.1 Å². The van der Waals surface area contributed by atoms with E-state index in [4.69, 9.17) is 0 Å². The summed E-state index contributed by atoms with van der Waals surface area (Å²) in [5, 5.41) is 20.7. The summed E-state index contributed by atoms with van der Waals surface area (Å²) >= 11 is 0. The number of fused-ring (bicyclic) bond motifs is 3. The molecule has 3 aliphatic heterocycles. The maximum Gasteiger partial charge on any atom is 0.0970 e. The number of piperidine rings is 3. The highest BCUT2D eigenvalue weighted by atomic mass is 16.3. The molecule has 0 spiro atoms. The van der Waals surface area contributed by atoms with Gasteiger partial charge in [-0.05, 0) is 37.4 Å². The highest BCUT2D eigenvalue weighted by molar-refractivity contribution is 5.20. The second-order valence-corrected chi connectivity index (χ2v) is 5.21. The van der Waals surface area contributed by atoms with Gasteiger partial charge >= 0.3 is 0 Å². The summed E-state index contributed by atoms with van der Waals surface area (Å²) in [7, 11) is 0. The van der Waals surface area contributed by atoms with Gasteiger partial charge in [-0.25, -0.2) is 0 Å². The Labute approximate surface area is 102 Å². The SMILES string of the molecule is O[C@H](c1ccccc1)[C@@H]1[C@@H](O)C2CCN1CC2. The Morgan fingerprint density at radius 2 is 1.76 bits per heavy atom. The van der Waals surface area contributed by atoms with E-state index in [1.165, 1.54) is 0 Å². The van der Waals surface area contributed by atoms with Crippen LogP contribution in [-0.2, 0) is 0 Å². The zero-order valence-electron chi connectivity index (χ0n) is 9.87. The van der Waals surface area contributed by atoms with Gasteiger partial charge in [-0.1, -0.05) is 30.3 Å². The summed E-state index contributed by atoms with van der Waals surface area (Å²) in [4.78, 5) is 2.24. The number of benzene rings is 1. The smallest absolute Gasteiger partial charge is 0.0970 e. The second-order valence-electron chi connectivity index (χ2n) is 5.21. The molecule has 3 nitrogen and oxygen atoms in total. The highest BCUT2D eigenvalue weighted by Crippen LogP contribution is 2.37. The standard InChI is InChI=1S/C14H19NO2/c16-13(10-4-2-1-3-5-10)12-14(17)11-6-8-15(12)9-7-11/h1-5,11-14,16-17H,6-9H2/t12-,13-,14+/m1/s1. The van der Waals surface area contributed by atoms with Gasteiger partial charge in [0.05, 0.1) is 18.2 Å². The Kier molecular flexibility index (Phi) is 2.90. The van der Waals surface area contributed by atoms with E-state index >= 15 is 0 Å². The summed E-state index contributed by atoms with van der Waals surface area (Å²) in [6.07, 6.45) is 1.18. The minimum Gasteiger partial charge on any atom is -0.391 e. The monoisotopic (exact) mass is 233 g/mol. The van der Waals surface area contributed by atoms with Crippen LogP contribution in [0.5, 0.6) is 0 Å². The number of hydrogen-bond acceptors (Lipinski definition) is 3. The first-order valence-corrected chi connectivity index (χ1v) is 6.42. The van der Waals surface area contributed by atoms with Crippen LogP contribution in [0.2, 0.25) is 0 Å². The van der Waals surface area contributed by atoms with E-state index in [9.17, 15) is 10.2 Å². The van der Waals surface area contributed by atoms with E-state index < -0.39 is 6.10 Å². The molecular formula is C14H19NO2. The van der Waals surface area contributed by atoms with Crippen molar-refractivity contribution >= 4 is 0 Å². The van der Waals surface area contributed by atoms with Crippen molar-refractivity contribution in [3.63, 3.8) is 0 Å². The van der Waals surface area contributed by atoms with Gasteiger partial charge in [-0.2, -0.15) is 0 Å². The Hall–Kier alpha value is -0.900. The third-order valence-corrected chi connectivity index (χ3v) is 4.29. The first kappa shape index (κ1) is 11.2. The minimum atomic E-state index is -0.575. The van der Waals surface area contributed by atoms with Crippen molar-refractivity contribution in [1.29, 1.82) is 0 Å². The molecule has 3 saturated heterocycles. The quantitative estimate of drug-likeness (QED) is 0.806. The lowest BCUT2D eigenvalue weighted by molar-refractivity contribution is -0.116. The van der Waals surface area contributed by atoms with E-state index in [2.05, 4.69) is 4.90 Å². The fourth-order valence-corrected chi connectivity index (χ4v) is 3.29. The zero-order valence-corrected chi connectivity index (χ0v) is 9.87. The minimum absolute atomic E-state index is 0.120. The molecule has 3 heterocycles. The van der Waals surface area contributed by atoms with Gasteiger partial charge in [-0.3, -0.25) is 4.90 Å². The van der Waals surface area contributed by atoms with Crippen LogP contribution in [-0.4, -0.2) is 40.3 Å². The van der Waals surface area contributed by atoms with Crippen LogP contribution in [0.25, 0.3) is 0 Å². The highest BCUT2D eigenvalue weighted by Gasteiger charge is 2.44. The number of aliphatic hydroxyl groups excluding tert-OH is 2. The summed E-state index contributed by atoms with van der Waals surface area (Å²) in [5.41, 5.74) is 0.907. The average molecular weight is 233 g/mol. The average Bonchev–Trinajstić information content (AvgIpc) is 2.40. The van der Waals surface area contributed by atoms with Crippen LogP contribution in [0.3, 0.4) is 0 Å². The molecule has 3 heteroatoms. The van der Waals surface area contributed by atoms with Crippen molar-refractivity contribution in [3.05, 3.63) is 35.9 Å². The van der Waals surface area contributed by atoms with E-state index in [0.29, 0.717) is 5.92 Å². The molecular weight excluding hydrogens is 214 g/mol. The van der Waals surface area contributed by atoms with Crippen molar-refractivity contribution in [2.24, 2.45) is 5.92 Å². The fourth-order valence-electron chi connectivity index (χ4n) is 3.29. The predicted octanol–water partition coefficient (Wildman–Crippen LogP) is 1.18. The molecule has 0 amide bonds. The first-order chi connectivity index (χ1) is 8.27. The molecule has 2 bridgehead atoms. The van der Waals surface area contributed by atoms with Crippen LogP contribution in [0, 0.1) is 5.92 Å². The molecule has 0 radical (unpaired) electrons. The molecule has 17 heavy (non-hydrogen) atoms. The number of hydrogen-bond donors (Lipinski definition) is 2. The summed E-state index contributed by atoms with van der Waals surface area (Å²) in [6, 6.07) is 9.55. The van der Waals surface area contributed by atoms with Gasteiger partial charge in [0.1, 0.15) is 0 Å². The lowest BCUT2D eigenvalue weighted by atomic mass is 9.77. The van der Waals surface area contributed by atoms with Crippen LogP contribution in [0.15, 0.2) is 30.3 Å². The fraction of sp³-hybridized carbons (Fsp3) is 0.571. The van der Waals surface area contributed by atoms with Crippen molar-refractivity contribution in [2.75, 3.05) is 13.1 Å². The van der Waals surface area contributed by atoms with Gasteiger partial charge in [0.2, 0.25) is 0 Å². The van der Waals surface area contributed by atoms with Gasteiger partial charge in [0.25, 0.3) is 0 Å². The van der Waals surface area contributed by atoms with E-state index in [1.807, 2.05) is 30.3 Å². The first-order valence-electron chi connectivity index (χ1n) is 6.42. The number of aliphatic hydroxyl groups is 2. The van der Waals surface area contributed by atoms with E-state index in [1.54, 1.807) is 0 Å². The van der Waals surface area contributed by atoms with Gasteiger partial charge < -0.3 is 10.2 Å². The summed E-state index contributed by atoms with van der Waals surface area (Å²) < 4.78 is 0. The van der Waals surface area contributed by atoms with Crippen LogP contribution < -0.4 is 0 Å². The normalized spacial score (nSPS) is 38.0. The van der Waals surface area contributed by atoms with Gasteiger partial charge in [0, 0.05) is 0 Å². The number of rotatable bonds is 2. The Balaban J connectivity index is 1.84. The molecule has 3 fully saturated rings. The van der Waals surface area contributed by atoms with Crippen LogP contribution in [0.4, 0.5) is 0 Å². The maximum absolute atomic E-state index is 10.4. The van der Waals surface area contributed by atoms with E-state index in [0.717, 1.165) is 31.5 Å². The molecule has 2 N–H and O–H groups in total. The molecule has 0 saturated carbocycles. The second kappa shape index (κ2) is 4.41. The van der Waals surface area contributed by atoms with Crippen LogP contribution >= 0.6 is 0 Å². The van der Waals surface area contributed by atoms with Crippen molar-refractivity contribution in [3.8, 4) is 0 Å². The van der Waals surface area contributed by atoms with Crippen molar-refractivity contribution < 1.29 is 10.2 Å². The third-order valence-electron chi connectivity index (χ3n) is 4.29.